The van der Waals surface area contributed by atoms with E-state index >= 15 is 0 Å². The van der Waals surface area contributed by atoms with E-state index < -0.39 is 36.0 Å². The van der Waals surface area contributed by atoms with E-state index in [1.54, 1.807) is 24.3 Å². The molecule has 1 saturated heterocycles. The monoisotopic (exact) mass is 781 g/mol. The summed E-state index contributed by atoms with van der Waals surface area (Å²) < 4.78 is 5.56. The van der Waals surface area contributed by atoms with E-state index in [4.69, 9.17) is 4.74 Å². The Morgan fingerprint density at radius 1 is 1.02 bits per heavy atom. The molecule has 2 aromatic rings. The molecule has 3 N–H and O–H groups in total. The molecule has 2 heterocycles. The number of carbonyl (C=O) groups excluding carboxylic acids is 4. The van der Waals surface area contributed by atoms with Gasteiger partial charge in [0.25, 0.3) is 12.4 Å². The highest BCUT2D eigenvalue weighted by Crippen LogP contribution is 2.34. The minimum atomic E-state index is -0.932. The standard InChI is InChI=1S/C42H63N5O7S/c1-8-27(4)37(45-39(50)34-15-11-12-20-46(34)6)41(51)47(7)35(26(2)3)23-36(54-25-48)40-44-33(24-55-40)38(49)43-32(21-28(5)42(52)53)22-29-16-18-31(19-17-29)30-13-9-10-14-30/h16-19,24-28,30,32,34-37H,8-15,20-23H2,1-7H3,(H,43,49)(H,45,50)(H,52,53)/t27-,28-,32+,34+,35+,36+,37-/m0/s1. The number of benzene rings is 1. The fourth-order valence-corrected chi connectivity index (χ4v) is 8.94. The van der Waals surface area contributed by atoms with E-state index in [-0.39, 0.29) is 54.3 Å². The van der Waals surface area contributed by atoms with Gasteiger partial charge in [0.1, 0.15) is 16.7 Å². The first-order valence-corrected chi connectivity index (χ1v) is 21.1. The van der Waals surface area contributed by atoms with E-state index in [0.29, 0.717) is 30.2 Å². The van der Waals surface area contributed by atoms with E-state index in [1.165, 1.54) is 42.6 Å². The van der Waals surface area contributed by atoms with Crippen molar-refractivity contribution in [2.45, 2.75) is 141 Å². The van der Waals surface area contributed by atoms with Gasteiger partial charge in [0, 0.05) is 30.9 Å². The van der Waals surface area contributed by atoms with Crippen molar-refractivity contribution in [2.24, 2.45) is 17.8 Å². The molecular formula is C42H63N5O7S. The summed E-state index contributed by atoms with van der Waals surface area (Å²) in [6.45, 7) is 10.8. The molecule has 2 aliphatic rings. The maximum Gasteiger partial charge on any atom is 0.306 e. The number of thiazole rings is 1. The smallest absolute Gasteiger partial charge is 0.306 e. The van der Waals surface area contributed by atoms with Crippen molar-refractivity contribution in [3.05, 3.63) is 51.5 Å². The van der Waals surface area contributed by atoms with Gasteiger partial charge in [-0.1, -0.05) is 84.6 Å². The lowest BCUT2D eigenvalue weighted by atomic mass is 9.92. The van der Waals surface area contributed by atoms with Crippen LogP contribution in [0, 0.1) is 17.8 Å². The summed E-state index contributed by atoms with van der Waals surface area (Å²) in [5.74, 6) is -1.96. The summed E-state index contributed by atoms with van der Waals surface area (Å²) in [6.07, 6.45) is 8.47. The molecule has 3 amide bonds. The van der Waals surface area contributed by atoms with Crippen LogP contribution in [-0.2, 0) is 30.3 Å². The predicted octanol–water partition coefficient (Wildman–Crippen LogP) is 6.36. The highest BCUT2D eigenvalue weighted by Gasteiger charge is 2.37. The number of carboxylic acid groups (broad SMARTS) is 1. The number of nitrogens with zero attached hydrogens (tertiary/aromatic N) is 3. The fourth-order valence-electron chi connectivity index (χ4n) is 8.09. The first-order valence-electron chi connectivity index (χ1n) is 20.2. The number of ether oxygens (including phenoxy) is 1. The SMILES string of the molecule is CC[C@H](C)[C@H](NC(=O)[C@H]1CCCCN1C)C(=O)N(C)[C@H](C[C@@H](OC=O)c1nc(C(=O)N[C@@H](Cc2ccc(C3CCCC3)cc2)C[C@H](C)C(=O)O)cs1)C(C)C. The third kappa shape index (κ3) is 12.1. The molecule has 4 rings (SSSR count). The largest absolute Gasteiger partial charge is 0.481 e. The highest BCUT2D eigenvalue weighted by atomic mass is 32.1. The van der Waals surface area contributed by atoms with Crippen molar-refractivity contribution in [1.29, 1.82) is 0 Å². The number of carboxylic acids is 1. The number of aromatic nitrogens is 1. The number of hydrogen-bond acceptors (Lipinski definition) is 9. The van der Waals surface area contributed by atoms with Crippen LogP contribution in [0.25, 0.3) is 0 Å². The number of nitrogens with one attached hydrogen (secondary N) is 2. The summed E-state index contributed by atoms with van der Waals surface area (Å²) >= 11 is 1.19. The van der Waals surface area contributed by atoms with Crippen molar-refractivity contribution in [2.75, 3.05) is 20.6 Å². The lowest BCUT2D eigenvalue weighted by Crippen LogP contribution is -2.58. The van der Waals surface area contributed by atoms with Gasteiger partial charge in [-0.05, 0) is 81.0 Å². The number of likely N-dealkylation sites (N-methyl/N-ethyl adjacent to an activating group) is 2. The summed E-state index contributed by atoms with van der Waals surface area (Å²) in [7, 11) is 3.67. The van der Waals surface area contributed by atoms with E-state index in [1.807, 2.05) is 39.6 Å². The van der Waals surface area contributed by atoms with Crippen molar-refractivity contribution in [1.82, 2.24) is 25.4 Å². The molecule has 1 aromatic carbocycles. The maximum atomic E-state index is 14.2. The summed E-state index contributed by atoms with van der Waals surface area (Å²) in [4.78, 5) is 73.1. The first-order chi connectivity index (χ1) is 26.2. The lowest BCUT2D eigenvalue weighted by Gasteiger charge is -2.38. The fraction of sp³-hybridized carbons (Fsp3) is 0.667. The van der Waals surface area contributed by atoms with Crippen LogP contribution >= 0.6 is 11.3 Å². The average Bonchev–Trinajstić information content (AvgIpc) is 3.89. The van der Waals surface area contributed by atoms with Gasteiger partial charge in [-0.2, -0.15) is 0 Å². The number of amides is 3. The van der Waals surface area contributed by atoms with Crippen LogP contribution in [0.15, 0.2) is 29.6 Å². The van der Waals surface area contributed by atoms with Crippen molar-refractivity contribution in [3.63, 3.8) is 0 Å². The second-order valence-corrected chi connectivity index (χ2v) is 17.1. The van der Waals surface area contributed by atoms with E-state index in [2.05, 4.69) is 39.9 Å². The zero-order valence-corrected chi connectivity index (χ0v) is 34.6. The van der Waals surface area contributed by atoms with Gasteiger partial charge < -0.3 is 25.4 Å². The molecule has 0 bridgehead atoms. The molecule has 2 fully saturated rings. The molecular weight excluding hydrogens is 719 g/mol. The molecule has 0 spiro atoms. The molecule has 0 unspecified atom stereocenters. The van der Waals surface area contributed by atoms with Gasteiger partial charge in [0.2, 0.25) is 11.8 Å². The molecule has 13 heteroatoms. The Labute approximate surface area is 331 Å². The van der Waals surface area contributed by atoms with Crippen LogP contribution in [-0.4, -0.2) is 94.9 Å². The summed E-state index contributed by atoms with van der Waals surface area (Å²) in [5.41, 5.74) is 2.47. The van der Waals surface area contributed by atoms with Crippen LogP contribution in [0.5, 0.6) is 0 Å². The van der Waals surface area contributed by atoms with Crippen LogP contribution in [0.4, 0.5) is 0 Å². The van der Waals surface area contributed by atoms with Crippen molar-refractivity contribution < 1.29 is 33.8 Å². The quantitative estimate of drug-likeness (QED) is 0.130. The number of likely N-dealkylation sites (tertiary alicyclic amines) is 1. The zero-order chi connectivity index (χ0) is 40.2. The number of aliphatic carboxylic acids is 1. The number of rotatable bonds is 20. The van der Waals surface area contributed by atoms with Crippen molar-refractivity contribution >= 4 is 41.5 Å². The third-order valence-electron chi connectivity index (χ3n) is 11.9. The second-order valence-electron chi connectivity index (χ2n) is 16.2. The van der Waals surface area contributed by atoms with Crippen LogP contribution in [0.3, 0.4) is 0 Å². The summed E-state index contributed by atoms with van der Waals surface area (Å²) in [5, 5.41) is 17.8. The van der Waals surface area contributed by atoms with E-state index in [0.717, 1.165) is 31.4 Å². The minimum absolute atomic E-state index is 0.0450. The molecule has 12 nitrogen and oxygen atoms in total. The Kier molecular flexibility index (Phi) is 16.7. The average molecular weight is 782 g/mol. The Morgan fingerprint density at radius 3 is 2.29 bits per heavy atom. The Bertz CT molecular complexity index is 1580. The molecule has 1 aliphatic heterocycles. The molecule has 304 valence electrons. The van der Waals surface area contributed by atoms with Gasteiger partial charge in [0.05, 0.1) is 12.0 Å². The van der Waals surface area contributed by atoms with Gasteiger partial charge in [-0.25, -0.2) is 4.98 Å². The van der Waals surface area contributed by atoms with Gasteiger partial charge in [-0.3, -0.25) is 28.9 Å². The highest BCUT2D eigenvalue weighted by molar-refractivity contribution is 7.09. The minimum Gasteiger partial charge on any atom is -0.481 e. The van der Waals surface area contributed by atoms with E-state index in [9.17, 15) is 29.1 Å². The Morgan fingerprint density at radius 2 is 1.69 bits per heavy atom. The molecule has 1 aliphatic carbocycles. The Hall–Kier alpha value is -3.84. The van der Waals surface area contributed by atoms with Crippen molar-refractivity contribution in [3.8, 4) is 0 Å². The molecule has 1 aromatic heterocycles. The number of piperidine rings is 1. The van der Waals surface area contributed by atoms with Gasteiger partial charge >= 0.3 is 5.97 Å². The number of hydrogen-bond donors (Lipinski definition) is 3. The lowest BCUT2D eigenvalue weighted by molar-refractivity contribution is -0.143. The Balaban J connectivity index is 1.47. The molecule has 7 atom stereocenters. The van der Waals surface area contributed by atoms with Crippen LogP contribution in [0.1, 0.15) is 137 Å². The zero-order valence-electron chi connectivity index (χ0n) is 33.8. The van der Waals surface area contributed by atoms with Crippen LogP contribution < -0.4 is 10.6 Å². The predicted molar refractivity (Wildman–Crippen MR) is 214 cm³/mol. The van der Waals surface area contributed by atoms with Crippen LogP contribution in [0.2, 0.25) is 0 Å². The van der Waals surface area contributed by atoms with Gasteiger partial charge in [0.15, 0.2) is 6.10 Å². The molecule has 1 saturated carbocycles. The topological polar surface area (TPSA) is 158 Å². The maximum absolute atomic E-state index is 14.2. The number of carbonyl (C=O) groups is 5. The summed E-state index contributed by atoms with van der Waals surface area (Å²) in [6, 6.07) is 6.61. The normalized spacial score (nSPS) is 19.8. The second kappa shape index (κ2) is 20.9. The molecule has 55 heavy (non-hydrogen) atoms. The van der Waals surface area contributed by atoms with Gasteiger partial charge in [-0.15, -0.1) is 11.3 Å². The first kappa shape index (κ1) is 43.9. The molecule has 0 radical (unpaired) electrons. The third-order valence-corrected chi connectivity index (χ3v) is 12.8.